The Kier molecular flexibility index (Phi) is 5.46. The number of halogens is 1. The Hall–Kier alpha value is -2.82. The van der Waals surface area contributed by atoms with Crippen LogP contribution in [0.15, 0.2) is 45.8 Å². The second-order valence-corrected chi connectivity index (χ2v) is 10.9. The van der Waals surface area contributed by atoms with Crippen molar-refractivity contribution in [3.63, 3.8) is 0 Å². The van der Waals surface area contributed by atoms with Crippen molar-refractivity contribution in [2.75, 3.05) is 22.7 Å². The first-order valence-corrected chi connectivity index (χ1v) is 12.6. The number of nitrogens with zero attached hydrogens (tertiary/aromatic N) is 2. The summed E-state index contributed by atoms with van der Waals surface area (Å²) in [5.74, 6) is -0.395. The van der Waals surface area contributed by atoms with E-state index in [1.165, 1.54) is 61.6 Å². The van der Waals surface area contributed by atoms with Crippen LogP contribution in [-0.4, -0.2) is 37.6 Å². The Morgan fingerprint density at radius 2 is 1.97 bits per heavy atom. The number of fused-ring (bicyclic) bond motifs is 1. The number of furan rings is 1. The van der Waals surface area contributed by atoms with Crippen LogP contribution in [0.5, 0.6) is 0 Å². The quantitative estimate of drug-likeness (QED) is 0.362. The fraction of sp³-hybridized carbons (Fsp3) is 0.364. The second kappa shape index (κ2) is 8.19. The number of hydroxylamine groups is 1. The first-order valence-electron chi connectivity index (χ1n) is 10.7. The van der Waals surface area contributed by atoms with Crippen molar-refractivity contribution in [3.05, 3.63) is 47.3 Å². The number of rotatable bonds is 5. The zero-order valence-electron chi connectivity index (χ0n) is 17.7. The monoisotopic (exact) mass is 490 g/mol. The molecule has 3 aromatic rings. The van der Waals surface area contributed by atoms with Crippen molar-refractivity contribution in [1.29, 1.82) is 0 Å². The van der Waals surface area contributed by atoms with Gasteiger partial charge < -0.3 is 9.32 Å². The molecular weight excluding hydrogens is 468 g/mol. The molecule has 11 heteroatoms. The lowest BCUT2D eigenvalue weighted by atomic mass is 9.86. The Morgan fingerprint density at radius 3 is 2.73 bits per heavy atom. The lowest BCUT2D eigenvalue weighted by molar-refractivity contribution is 0.0678. The van der Waals surface area contributed by atoms with Crippen LogP contribution in [0.3, 0.4) is 0 Å². The van der Waals surface area contributed by atoms with E-state index in [2.05, 4.69) is 14.6 Å². The normalized spacial score (nSPS) is 17.7. The standard InChI is InChI=1S/C22H23ClN4O5S/c23-15-10-17(20(24-12-15)27-8-7-22(13-27)5-1-2-6-22)26-33(30,31)16-4-3-14-9-19(21(28)25-29)32-18(14)11-16/h3-4,9-12,26,29H,1-2,5-8,13H2,(H,25,28). The van der Waals surface area contributed by atoms with E-state index in [1.54, 1.807) is 6.07 Å². The van der Waals surface area contributed by atoms with Crippen molar-refractivity contribution in [2.45, 2.75) is 37.0 Å². The highest BCUT2D eigenvalue weighted by Gasteiger charge is 2.41. The van der Waals surface area contributed by atoms with E-state index in [1.807, 2.05) is 0 Å². The molecule has 2 aliphatic rings. The summed E-state index contributed by atoms with van der Waals surface area (Å²) in [7, 11) is -4.00. The van der Waals surface area contributed by atoms with Gasteiger partial charge in [0.1, 0.15) is 5.58 Å². The molecule has 1 aliphatic heterocycles. The fourth-order valence-electron chi connectivity index (χ4n) is 4.96. The lowest BCUT2D eigenvalue weighted by Crippen LogP contribution is -2.27. The summed E-state index contributed by atoms with van der Waals surface area (Å²) in [5.41, 5.74) is 2.30. The molecule has 2 fully saturated rings. The molecular formula is C22H23ClN4O5S. The first-order chi connectivity index (χ1) is 15.8. The van der Waals surface area contributed by atoms with Gasteiger partial charge >= 0.3 is 5.91 Å². The molecule has 1 saturated carbocycles. The Bertz CT molecular complexity index is 1330. The molecule has 5 rings (SSSR count). The number of carbonyl (C=O) groups excluding carboxylic acids is 1. The SMILES string of the molecule is O=C(NO)c1cc2ccc(S(=O)(=O)Nc3cc(Cl)cnc3N3CCC4(CCCC4)C3)cc2o1. The molecule has 0 radical (unpaired) electrons. The molecule has 0 bridgehead atoms. The molecule has 174 valence electrons. The maximum atomic E-state index is 13.2. The topological polar surface area (TPSA) is 125 Å². The number of amides is 1. The van der Waals surface area contributed by atoms with Crippen molar-refractivity contribution in [3.8, 4) is 0 Å². The molecule has 1 spiro atoms. The van der Waals surface area contributed by atoms with E-state index in [0.717, 1.165) is 19.5 Å². The highest BCUT2D eigenvalue weighted by Crippen LogP contribution is 2.47. The van der Waals surface area contributed by atoms with Gasteiger partial charge in [0.15, 0.2) is 11.6 Å². The third-order valence-corrected chi connectivity index (χ3v) is 8.18. The van der Waals surface area contributed by atoms with Gasteiger partial charge in [0, 0.05) is 30.7 Å². The number of sulfonamides is 1. The van der Waals surface area contributed by atoms with E-state index in [9.17, 15) is 13.2 Å². The van der Waals surface area contributed by atoms with Gasteiger partial charge in [-0.05, 0) is 48.9 Å². The third kappa shape index (κ3) is 4.14. The van der Waals surface area contributed by atoms with Crippen molar-refractivity contribution >= 4 is 50.0 Å². The Balaban J connectivity index is 1.45. The lowest BCUT2D eigenvalue weighted by Gasteiger charge is -2.25. The van der Waals surface area contributed by atoms with Gasteiger partial charge in [0.05, 0.1) is 15.6 Å². The fourth-order valence-corrected chi connectivity index (χ4v) is 6.18. The van der Waals surface area contributed by atoms with Crippen molar-refractivity contribution in [1.82, 2.24) is 10.5 Å². The smallest absolute Gasteiger partial charge is 0.310 e. The molecule has 1 saturated heterocycles. The molecule has 1 aromatic carbocycles. The molecule has 9 nitrogen and oxygen atoms in total. The van der Waals surface area contributed by atoms with Crippen LogP contribution in [0.25, 0.3) is 11.0 Å². The summed E-state index contributed by atoms with van der Waals surface area (Å²) < 4.78 is 34.4. The van der Waals surface area contributed by atoms with Crippen LogP contribution in [-0.2, 0) is 10.0 Å². The Morgan fingerprint density at radius 1 is 1.18 bits per heavy atom. The summed E-state index contributed by atoms with van der Waals surface area (Å²) in [6.07, 6.45) is 7.45. The number of hydrogen-bond acceptors (Lipinski definition) is 7. The predicted octanol–water partition coefficient (Wildman–Crippen LogP) is 4.17. The minimum absolute atomic E-state index is 0.0417. The van der Waals surface area contributed by atoms with E-state index in [-0.39, 0.29) is 16.2 Å². The van der Waals surface area contributed by atoms with E-state index >= 15 is 0 Å². The number of nitrogens with one attached hydrogen (secondary N) is 2. The zero-order chi connectivity index (χ0) is 23.2. The minimum atomic E-state index is -4.00. The first kappa shape index (κ1) is 22.0. The number of hydrogen-bond donors (Lipinski definition) is 3. The van der Waals surface area contributed by atoms with Gasteiger partial charge in [-0.2, -0.15) is 0 Å². The van der Waals surface area contributed by atoms with Gasteiger partial charge in [-0.1, -0.05) is 24.4 Å². The molecule has 0 unspecified atom stereocenters. The van der Waals surface area contributed by atoms with Crippen LogP contribution in [0.4, 0.5) is 11.5 Å². The summed E-state index contributed by atoms with van der Waals surface area (Å²) in [4.78, 5) is 18.1. The van der Waals surface area contributed by atoms with Crippen LogP contribution >= 0.6 is 11.6 Å². The van der Waals surface area contributed by atoms with Crippen LogP contribution < -0.4 is 15.1 Å². The number of aromatic nitrogens is 1. The summed E-state index contributed by atoms with van der Waals surface area (Å²) >= 11 is 6.15. The average Bonchev–Trinajstić information content (AvgIpc) is 3.53. The van der Waals surface area contributed by atoms with Crippen LogP contribution in [0, 0.1) is 5.41 Å². The molecule has 3 heterocycles. The Labute approximate surface area is 195 Å². The molecule has 0 atom stereocenters. The third-order valence-electron chi connectivity index (χ3n) is 6.61. The number of pyridine rings is 1. The number of benzene rings is 1. The van der Waals surface area contributed by atoms with Crippen molar-refractivity contribution < 1.29 is 22.8 Å². The molecule has 33 heavy (non-hydrogen) atoms. The van der Waals surface area contributed by atoms with Gasteiger partial charge in [0.2, 0.25) is 0 Å². The van der Waals surface area contributed by atoms with Gasteiger partial charge in [-0.25, -0.2) is 18.9 Å². The zero-order valence-corrected chi connectivity index (χ0v) is 19.2. The highest BCUT2D eigenvalue weighted by molar-refractivity contribution is 7.92. The largest absolute Gasteiger partial charge is 0.451 e. The van der Waals surface area contributed by atoms with E-state index < -0.39 is 15.9 Å². The van der Waals surface area contributed by atoms with Gasteiger partial charge in [-0.3, -0.25) is 14.7 Å². The van der Waals surface area contributed by atoms with E-state index in [0.29, 0.717) is 27.3 Å². The van der Waals surface area contributed by atoms with Gasteiger partial charge in [-0.15, -0.1) is 0 Å². The van der Waals surface area contributed by atoms with Crippen LogP contribution in [0.2, 0.25) is 5.02 Å². The predicted molar refractivity (Wildman–Crippen MR) is 123 cm³/mol. The summed E-state index contributed by atoms with van der Waals surface area (Å²) in [5, 5.41) is 9.63. The number of anilines is 2. The molecule has 1 amide bonds. The van der Waals surface area contributed by atoms with Crippen molar-refractivity contribution in [2.24, 2.45) is 5.41 Å². The molecule has 3 N–H and O–H groups in total. The minimum Gasteiger partial charge on any atom is -0.451 e. The summed E-state index contributed by atoms with van der Waals surface area (Å²) in [6, 6.07) is 7.25. The maximum Gasteiger partial charge on any atom is 0.310 e. The average molecular weight is 491 g/mol. The maximum absolute atomic E-state index is 13.2. The molecule has 1 aliphatic carbocycles. The van der Waals surface area contributed by atoms with E-state index in [4.69, 9.17) is 21.2 Å². The van der Waals surface area contributed by atoms with Gasteiger partial charge in [0.25, 0.3) is 10.0 Å². The highest BCUT2D eigenvalue weighted by atomic mass is 35.5. The second-order valence-electron chi connectivity index (χ2n) is 8.76. The summed E-state index contributed by atoms with van der Waals surface area (Å²) in [6.45, 7) is 1.67. The molecule has 2 aromatic heterocycles. The number of carbonyl (C=O) groups is 1. The van der Waals surface area contributed by atoms with Crippen LogP contribution in [0.1, 0.15) is 42.7 Å².